The highest BCUT2D eigenvalue weighted by Crippen LogP contribution is 2.53. The highest BCUT2D eigenvalue weighted by atomic mass is 16.2. The van der Waals surface area contributed by atoms with Crippen molar-refractivity contribution in [3.63, 3.8) is 0 Å². The number of nitrogens with zero attached hydrogens (tertiary/aromatic N) is 1. The second kappa shape index (κ2) is 7.99. The molecule has 4 nitrogen and oxygen atoms in total. The fourth-order valence-corrected chi connectivity index (χ4v) is 5.89. The Labute approximate surface area is 157 Å². The van der Waals surface area contributed by atoms with Crippen LogP contribution in [0.2, 0.25) is 0 Å². The van der Waals surface area contributed by atoms with E-state index in [0.717, 1.165) is 49.7 Å². The number of carbonyl (C=O) groups is 1. The van der Waals surface area contributed by atoms with Crippen molar-refractivity contribution in [3.8, 4) is 0 Å². The molecular formula is C22H33N3O. The fraction of sp³-hybridized carbons (Fsp3) is 0.682. The van der Waals surface area contributed by atoms with Crippen LogP contribution in [0.4, 0.5) is 4.79 Å². The van der Waals surface area contributed by atoms with Gasteiger partial charge in [0.15, 0.2) is 0 Å². The Morgan fingerprint density at radius 3 is 2.35 bits per heavy atom. The van der Waals surface area contributed by atoms with Crippen LogP contribution >= 0.6 is 0 Å². The van der Waals surface area contributed by atoms with Crippen molar-refractivity contribution in [3.05, 3.63) is 35.9 Å². The van der Waals surface area contributed by atoms with E-state index < -0.39 is 0 Å². The highest BCUT2D eigenvalue weighted by Gasteiger charge is 2.48. The van der Waals surface area contributed by atoms with E-state index in [-0.39, 0.29) is 6.03 Å². The van der Waals surface area contributed by atoms with Gasteiger partial charge in [0.2, 0.25) is 0 Å². The second-order valence-corrected chi connectivity index (χ2v) is 8.93. The molecular weight excluding hydrogens is 322 g/mol. The lowest BCUT2D eigenvalue weighted by Gasteiger charge is -2.54. The Balaban J connectivity index is 1.14. The average molecular weight is 356 g/mol. The molecule has 0 spiro atoms. The number of hydrogen-bond donors (Lipinski definition) is 2. The van der Waals surface area contributed by atoms with Crippen molar-refractivity contribution in [1.29, 1.82) is 0 Å². The largest absolute Gasteiger partial charge is 0.338 e. The minimum absolute atomic E-state index is 0.0492. The molecule has 5 rings (SSSR count). The SMILES string of the molecule is CN(CCCNC(=O)NC1C2CC3CC(C2)CC1C3)Cc1ccccc1. The lowest BCUT2D eigenvalue weighted by molar-refractivity contribution is -0.00941. The Kier molecular flexibility index (Phi) is 5.49. The first-order chi connectivity index (χ1) is 12.7. The molecule has 26 heavy (non-hydrogen) atoms. The Bertz CT molecular complexity index is 575. The summed E-state index contributed by atoms with van der Waals surface area (Å²) in [5, 5.41) is 6.41. The van der Waals surface area contributed by atoms with Crippen LogP contribution in [0.15, 0.2) is 30.3 Å². The van der Waals surface area contributed by atoms with Gasteiger partial charge < -0.3 is 15.5 Å². The molecule has 0 unspecified atom stereocenters. The van der Waals surface area contributed by atoms with Crippen molar-refractivity contribution in [2.75, 3.05) is 20.1 Å². The van der Waals surface area contributed by atoms with Crippen molar-refractivity contribution in [2.45, 2.75) is 51.1 Å². The van der Waals surface area contributed by atoms with Crippen LogP contribution in [0.25, 0.3) is 0 Å². The summed E-state index contributed by atoms with van der Waals surface area (Å²) in [4.78, 5) is 14.6. The van der Waals surface area contributed by atoms with Gasteiger partial charge in [-0.2, -0.15) is 0 Å². The van der Waals surface area contributed by atoms with E-state index in [9.17, 15) is 4.79 Å². The van der Waals surface area contributed by atoms with Crippen molar-refractivity contribution < 1.29 is 4.79 Å². The summed E-state index contributed by atoms with van der Waals surface area (Å²) in [5.41, 5.74) is 1.34. The smallest absolute Gasteiger partial charge is 0.315 e. The molecule has 2 amide bonds. The maximum atomic E-state index is 12.3. The molecule has 1 aromatic carbocycles. The monoisotopic (exact) mass is 355 g/mol. The summed E-state index contributed by atoms with van der Waals surface area (Å²) in [7, 11) is 2.14. The van der Waals surface area contributed by atoms with Crippen LogP contribution in [0.1, 0.15) is 44.1 Å². The van der Waals surface area contributed by atoms with Gasteiger partial charge in [-0.25, -0.2) is 4.79 Å². The number of rotatable bonds is 7. The first kappa shape index (κ1) is 17.8. The predicted molar refractivity (Wildman–Crippen MR) is 105 cm³/mol. The quantitative estimate of drug-likeness (QED) is 0.734. The van der Waals surface area contributed by atoms with Gasteiger partial charge >= 0.3 is 6.03 Å². The summed E-state index contributed by atoms with van der Waals surface area (Å²) in [5.74, 6) is 3.40. The van der Waals surface area contributed by atoms with Gasteiger partial charge in [0.25, 0.3) is 0 Å². The van der Waals surface area contributed by atoms with Crippen LogP contribution < -0.4 is 10.6 Å². The van der Waals surface area contributed by atoms with Gasteiger partial charge in [0, 0.05) is 19.1 Å². The van der Waals surface area contributed by atoms with Gasteiger partial charge in [0.1, 0.15) is 0 Å². The maximum Gasteiger partial charge on any atom is 0.315 e. The normalized spacial score (nSPS) is 32.0. The molecule has 0 aromatic heterocycles. The third kappa shape index (κ3) is 4.22. The molecule has 0 aliphatic heterocycles. The number of carbonyl (C=O) groups excluding carboxylic acids is 1. The molecule has 0 atom stereocenters. The second-order valence-electron chi connectivity index (χ2n) is 8.93. The van der Waals surface area contributed by atoms with E-state index in [2.05, 4.69) is 52.9 Å². The van der Waals surface area contributed by atoms with E-state index in [1.54, 1.807) is 0 Å². The summed E-state index contributed by atoms with van der Waals surface area (Å²) in [6, 6.07) is 11.0. The summed E-state index contributed by atoms with van der Waals surface area (Å²) < 4.78 is 0. The van der Waals surface area contributed by atoms with Gasteiger partial charge in [-0.05, 0) is 81.4 Å². The van der Waals surface area contributed by atoms with Gasteiger partial charge in [0.05, 0.1) is 0 Å². The first-order valence-electron chi connectivity index (χ1n) is 10.4. The molecule has 0 saturated heterocycles. The van der Waals surface area contributed by atoms with Crippen LogP contribution in [0.5, 0.6) is 0 Å². The van der Waals surface area contributed by atoms with Crippen LogP contribution in [-0.4, -0.2) is 37.1 Å². The molecule has 2 N–H and O–H groups in total. The molecule has 1 aromatic rings. The summed E-state index contributed by atoms with van der Waals surface area (Å²) >= 11 is 0. The zero-order chi connectivity index (χ0) is 17.9. The van der Waals surface area contributed by atoms with E-state index in [1.165, 1.54) is 37.7 Å². The van der Waals surface area contributed by atoms with E-state index in [4.69, 9.17) is 0 Å². The molecule has 4 saturated carbocycles. The predicted octanol–water partition coefficient (Wildman–Crippen LogP) is 3.63. The van der Waals surface area contributed by atoms with Crippen molar-refractivity contribution >= 4 is 6.03 Å². The minimum Gasteiger partial charge on any atom is -0.338 e. The summed E-state index contributed by atoms with van der Waals surface area (Å²) in [6.07, 6.45) is 7.84. The third-order valence-electron chi connectivity index (χ3n) is 6.82. The molecule has 4 heteroatoms. The number of benzene rings is 1. The summed E-state index contributed by atoms with van der Waals surface area (Å²) in [6.45, 7) is 2.70. The molecule has 4 bridgehead atoms. The van der Waals surface area contributed by atoms with E-state index in [0.29, 0.717) is 6.04 Å². The van der Waals surface area contributed by atoms with Crippen LogP contribution in [0, 0.1) is 23.7 Å². The number of hydrogen-bond acceptors (Lipinski definition) is 2. The zero-order valence-electron chi connectivity index (χ0n) is 16.0. The molecule has 4 aliphatic rings. The van der Waals surface area contributed by atoms with Gasteiger partial charge in [-0.15, -0.1) is 0 Å². The average Bonchev–Trinajstić information content (AvgIpc) is 2.62. The number of nitrogens with one attached hydrogen (secondary N) is 2. The zero-order valence-corrected chi connectivity index (χ0v) is 16.0. The van der Waals surface area contributed by atoms with Crippen molar-refractivity contribution in [1.82, 2.24) is 15.5 Å². The Morgan fingerprint density at radius 2 is 1.69 bits per heavy atom. The Hall–Kier alpha value is -1.55. The van der Waals surface area contributed by atoms with Crippen LogP contribution in [-0.2, 0) is 6.54 Å². The maximum absolute atomic E-state index is 12.3. The molecule has 4 aliphatic carbocycles. The molecule has 0 heterocycles. The van der Waals surface area contributed by atoms with E-state index in [1.807, 2.05) is 0 Å². The lowest BCUT2D eigenvalue weighted by Crippen LogP contribution is -2.57. The van der Waals surface area contributed by atoms with Crippen molar-refractivity contribution in [2.24, 2.45) is 23.7 Å². The van der Waals surface area contributed by atoms with Gasteiger partial charge in [-0.1, -0.05) is 30.3 Å². The van der Waals surface area contributed by atoms with Crippen LogP contribution in [0.3, 0.4) is 0 Å². The lowest BCUT2D eigenvalue weighted by atomic mass is 9.54. The molecule has 4 fully saturated rings. The number of amides is 2. The topological polar surface area (TPSA) is 44.4 Å². The van der Waals surface area contributed by atoms with Gasteiger partial charge in [-0.3, -0.25) is 0 Å². The minimum atomic E-state index is 0.0492. The fourth-order valence-electron chi connectivity index (χ4n) is 5.89. The number of urea groups is 1. The molecule has 142 valence electrons. The molecule has 0 radical (unpaired) electrons. The van der Waals surface area contributed by atoms with E-state index >= 15 is 0 Å². The standard InChI is InChI=1S/C22H33N3O/c1-25(15-16-6-3-2-4-7-16)9-5-8-23-22(26)24-21-19-11-17-10-18(13-19)14-20(21)12-17/h2-4,6-7,17-21H,5,8-15H2,1H3,(H2,23,24,26). The Morgan fingerprint density at radius 1 is 1.04 bits per heavy atom. The third-order valence-corrected chi connectivity index (χ3v) is 6.82. The highest BCUT2D eigenvalue weighted by molar-refractivity contribution is 5.74. The first-order valence-corrected chi connectivity index (χ1v) is 10.4.